The van der Waals surface area contributed by atoms with Crippen LogP contribution in [0.5, 0.6) is 0 Å². The molecule has 0 aliphatic rings. The summed E-state index contributed by atoms with van der Waals surface area (Å²) in [7, 11) is 0. The van der Waals surface area contributed by atoms with Gasteiger partial charge in [-0.25, -0.2) is 0 Å². The van der Waals surface area contributed by atoms with Gasteiger partial charge in [0.2, 0.25) is 5.91 Å². The second-order valence-corrected chi connectivity index (χ2v) is 5.22. The predicted molar refractivity (Wildman–Crippen MR) is 88.1 cm³/mol. The number of non-ortho nitro benzene ring substituents is 1. The van der Waals surface area contributed by atoms with E-state index in [0.29, 0.717) is 5.56 Å². The number of rotatable bonds is 4. The number of nitrogens with zero attached hydrogens (tertiary/aromatic N) is 1. The van der Waals surface area contributed by atoms with Gasteiger partial charge in [0, 0.05) is 17.7 Å². The summed E-state index contributed by atoms with van der Waals surface area (Å²) in [6.07, 6.45) is -4.51. The van der Waals surface area contributed by atoms with Gasteiger partial charge in [-0.1, -0.05) is 36.1 Å². The molecule has 0 aromatic heterocycles. The van der Waals surface area contributed by atoms with E-state index in [2.05, 4.69) is 17.2 Å². The fourth-order valence-corrected chi connectivity index (χ4v) is 2.10. The van der Waals surface area contributed by atoms with Crippen LogP contribution < -0.4 is 5.32 Å². The summed E-state index contributed by atoms with van der Waals surface area (Å²) >= 11 is 0. The summed E-state index contributed by atoms with van der Waals surface area (Å²) in [5, 5.41) is 13.0. The summed E-state index contributed by atoms with van der Waals surface area (Å²) in [5.74, 6) is 4.49. The number of alkyl halides is 3. The van der Waals surface area contributed by atoms with E-state index in [4.69, 9.17) is 0 Å². The molecular weight excluding hydrogens is 349 g/mol. The van der Waals surface area contributed by atoms with Crippen LogP contribution in [-0.2, 0) is 17.4 Å². The van der Waals surface area contributed by atoms with Crippen LogP contribution >= 0.6 is 0 Å². The molecule has 2 rings (SSSR count). The van der Waals surface area contributed by atoms with Crippen LogP contribution in [0.15, 0.2) is 48.5 Å². The molecule has 0 radical (unpaired) electrons. The highest BCUT2D eigenvalue weighted by atomic mass is 19.4. The molecule has 1 amide bonds. The number of hydrogen-bond donors (Lipinski definition) is 1. The van der Waals surface area contributed by atoms with Crippen molar-refractivity contribution in [2.75, 3.05) is 6.54 Å². The van der Waals surface area contributed by atoms with Crippen LogP contribution in [0.3, 0.4) is 0 Å². The second kappa shape index (κ2) is 8.16. The number of benzene rings is 2. The van der Waals surface area contributed by atoms with E-state index in [1.807, 2.05) is 0 Å². The molecule has 26 heavy (non-hydrogen) atoms. The Bertz CT molecular complexity index is 866. The molecule has 0 atom stereocenters. The van der Waals surface area contributed by atoms with Crippen LogP contribution in [0.1, 0.15) is 16.7 Å². The zero-order valence-corrected chi connectivity index (χ0v) is 13.3. The molecule has 0 aliphatic carbocycles. The molecule has 2 aromatic carbocycles. The molecule has 0 aliphatic heterocycles. The quantitative estimate of drug-likeness (QED) is 0.515. The van der Waals surface area contributed by atoms with Crippen LogP contribution in [0.4, 0.5) is 18.9 Å². The normalized spacial score (nSPS) is 10.6. The number of carbonyl (C=O) groups excluding carboxylic acids is 1. The minimum absolute atomic E-state index is 0.0151. The molecule has 134 valence electrons. The Kier molecular flexibility index (Phi) is 5.96. The Morgan fingerprint density at radius 2 is 1.77 bits per heavy atom. The average molecular weight is 362 g/mol. The summed E-state index contributed by atoms with van der Waals surface area (Å²) in [5.41, 5.74) is -0.499. The van der Waals surface area contributed by atoms with Gasteiger partial charge < -0.3 is 5.32 Å². The maximum atomic E-state index is 12.8. The number of nitro groups is 1. The molecule has 0 unspecified atom stereocenters. The largest absolute Gasteiger partial charge is 0.417 e. The third kappa shape index (κ3) is 5.34. The van der Waals surface area contributed by atoms with Gasteiger partial charge in [-0.05, 0) is 17.7 Å². The Labute approximate surface area is 147 Å². The van der Waals surface area contributed by atoms with E-state index >= 15 is 0 Å². The number of hydrogen-bond acceptors (Lipinski definition) is 3. The molecule has 0 saturated carbocycles. The molecule has 8 heteroatoms. The summed E-state index contributed by atoms with van der Waals surface area (Å²) in [6, 6.07) is 10.4. The van der Waals surface area contributed by atoms with Crippen molar-refractivity contribution in [2.45, 2.75) is 12.6 Å². The summed E-state index contributed by atoms with van der Waals surface area (Å²) in [6.45, 7) is -0.113. The van der Waals surface area contributed by atoms with Gasteiger partial charge in [-0.3, -0.25) is 14.9 Å². The smallest absolute Gasteiger partial charge is 0.345 e. The number of halogens is 3. The van der Waals surface area contributed by atoms with Crippen LogP contribution in [-0.4, -0.2) is 17.4 Å². The van der Waals surface area contributed by atoms with Gasteiger partial charge in [0.15, 0.2) is 0 Å². The lowest BCUT2D eigenvalue weighted by Crippen LogP contribution is -2.25. The number of amides is 1. The van der Waals surface area contributed by atoms with Gasteiger partial charge in [-0.2, -0.15) is 13.2 Å². The summed E-state index contributed by atoms with van der Waals surface area (Å²) < 4.78 is 38.5. The average Bonchev–Trinajstić information content (AvgIpc) is 2.58. The standard InChI is InChI=1S/C18H13F3N2O3/c19-18(20,21)16-6-2-1-4-14(16)5-3-11-22-17(24)12-13-7-9-15(10-8-13)23(25)26/h1-2,4,6-10H,11-12H2,(H,22,24). The monoisotopic (exact) mass is 362 g/mol. The fourth-order valence-electron chi connectivity index (χ4n) is 2.10. The molecule has 2 aromatic rings. The van der Waals surface area contributed by atoms with E-state index in [9.17, 15) is 28.1 Å². The first kappa shape index (κ1) is 19.0. The van der Waals surface area contributed by atoms with Gasteiger partial charge in [0.05, 0.1) is 23.5 Å². The maximum absolute atomic E-state index is 12.8. The molecule has 0 heterocycles. The lowest BCUT2D eigenvalue weighted by atomic mass is 10.1. The lowest BCUT2D eigenvalue weighted by Gasteiger charge is -2.08. The minimum atomic E-state index is -4.50. The van der Waals surface area contributed by atoms with E-state index in [1.54, 1.807) is 0 Å². The van der Waals surface area contributed by atoms with Gasteiger partial charge in [-0.15, -0.1) is 0 Å². The molecule has 5 nitrogen and oxygen atoms in total. The molecule has 0 spiro atoms. The molecule has 0 fully saturated rings. The number of nitrogens with one attached hydrogen (secondary N) is 1. The zero-order valence-electron chi connectivity index (χ0n) is 13.3. The van der Waals surface area contributed by atoms with Crippen LogP contribution in [0.2, 0.25) is 0 Å². The van der Waals surface area contributed by atoms with Crippen LogP contribution in [0, 0.1) is 22.0 Å². The van der Waals surface area contributed by atoms with Crippen molar-refractivity contribution in [1.29, 1.82) is 0 Å². The highest BCUT2D eigenvalue weighted by molar-refractivity contribution is 5.78. The third-order valence-electron chi connectivity index (χ3n) is 3.34. The topological polar surface area (TPSA) is 72.2 Å². The first-order chi connectivity index (χ1) is 12.3. The van der Waals surface area contributed by atoms with Crippen molar-refractivity contribution >= 4 is 11.6 Å². The highest BCUT2D eigenvalue weighted by Crippen LogP contribution is 2.31. The molecule has 0 bridgehead atoms. The molecule has 0 saturated heterocycles. The lowest BCUT2D eigenvalue weighted by molar-refractivity contribution is -0.384. The minimum Gasteiger partial charge on any atom is -0.345 e. The molecular formula is C18H13F3N2O3. The third-order valence-corrected chi connectivity index (χ3v) is 3.34. The number of carbonyl (C=O) groups is 1. The van der Waals surface area contributed by atoms with Gasteiger partial charge >= 0.3 is 6.18 Å². The van der Waals surface area contributed by atoms with E-state index < -0.39 is 22.6 Å². The highest BCUT2D eigenvalue weighted by Gasteiger charge is 2.32. The van der Waals surface area contributed by atoms with E-state index in [0.717, 1.165) is 6.07 Å². The van der Waals surface area contributed by atoms with E-state index in [1.165, 1.54) is 42.5 Å². The number of nitro benzene ring substituents is 1. The van der Waals surface area contributed by atoms with Crippen molar-refractivity contribution in [2.24, 2.45) is 0 Å². The Morgan fingerprint density at radius 1 is 1.12 bits per heavy atom. The predicted octanol–water partition coefficient (Wildman–Crippen LogP) is 3.32. The van der Waals surface area contributed by atoms with Gasteiger partial charge in [0.1, 0.15) is 0 Å². The van der Waals surface area contributed by atoms with Crippen molar-refractivity contribution in [3.63, 3.8) is 0 Å². The van der Waals surface area contributed by atoms with Crippen molar-refractivity contribution in [3.05, 3.63) is 75.3 Å². The Balaban J connectivity index is 1.92. The van der Waals surface area contributed by atoms with Gasteiger partial charge in [0.25, 0.3) is 5.69 Å². The Hall–Kier alpha value is -3.34. The zero-order chi connectivity index (χ0) is 19.2. The van der Waals surface area contributed by atoms with Crippen molar-refractivity contribution < 1.29 is 22.9 Å². The first-order valence-electron chi connectivity index (χ1n) is 7.42. The van der Waals surface area contributed by atoms with Crippen molar-refractivity contribution in [1.82, 2.24) is 5.32 Å². The first-order valence-corrected chi connectivity index (χ1v) is 7.42. The fraction of sp³-hybridized carbons (Fsp3) is 0.167. The van der Waals surface area contributed by atoms with Crippen LogP contribution in [0.25, 0.3) is 0 Å². The SMILES string of the molecule is O=C(Cc1ccc([N+](=O)[O-])cc1)NCC#Cc1ccccc1C(F)(F)F. The van der Waals surface area contributed by atoms with E-state index in [-0.39, 0.29) is 24.2 Å². The Morgan fingerprint density at radius 3 is 2.38 bits per heavy atom. The molecule has 1 N–H and O–H groups in total. The second-order valence-electron chi connectivity index (χ2n) is 5.22. The van der Waals surface area contributed by atoms with Crippen molar-refractivity contribution in [3.8, 4) is 11.8 Å². The maximum Gasteiger partial charge on any atom is 0.417 e. The summed E-state index contributed by atoms with van der Waals surface area (Å²) in [4.78, 5) is 21.8.